The first-order valence-corrected chi connectivity index (χ1v) is 11.3. The summed E-state index contributed by atoms with van der Waals surface area (Å²) in [6.07, 6.45) is -4.40. The molecule has 0 spiro atoms. The number of Topliss-reactive ketones (excluding diaryl/α,β-unsaturated/α-hetero) is 1. The summed E-state index contributed by atoms with van der Waals surface area (Å²) in [5.74, 6) is 0.0846. The number of hydrogen-bond acceptors (Lipinski definition) is 6. The zero-order chi connectivity index (χ0) is 24.5. The first kappa shape index (κ1) is 24.3. The van der Waals surface area contributed by atoms with Crippen LogP contribution in [-0.4, -0.2) is 64.2 Å². The Morgan fingerprint density at radius 3 is 2.68 bits per heavy atom. The second-order valence-corrected chi connectivity index (χ2v) is 9.36. The molecule has 1 fully saturated rings. The van der Waals surface area contributed by atoms with Crippen molar-refractivity contribution in [2.75, 3.05) is 19.7 Å². The Balaban J connectivity index is 1.43. The lowest BCUT2D eigenvalue weighted by atomic mass is 9.80. The fourth-order valence-electron chi connectivity index (χ4n) is 4.49. The quantitative estimate of drug-likeness (QED) is 0.690. The van der Waals surface area contributed by atoms with Gasteiger partial charge in [-0.1, -0.05) is 30.3 Å². The van der Waals surface area contributed by atoms with E-state index in [-0.39, 0.29) is 37.7 Å². The molecule has 0 radical (unpaired) electrons. The van der Waals surface area contributed by atoms with Gasteiger partial charge in [-0.2, -0.15) is 13.2 Å². The number of ether oxygens (including phenoxy) is 1. The molecule has 182 valence electrons. The lowest BCUT2D eigenvalue weighted by Crippen LogP contribution is -2.51. The number of fused-ring (bicyclic) bond motifs is 1. The van der Waals surface area contributed by atoms with Crippen LogP contribution in [-0.2, 0) is 22.5 Å². The molecule has 4 rings (SSSR count). The fraction of sp³-hybridized carbons (Fsp3) is 0.480. The molecule has 0 aliphatic carbocycles. The number of aliphatic imine (C=N–C) groups is 1. The van der Waals surface area contributed by atoms with Crippen LogP contribution in [0.15, 0.2) is 47.6 Å². The molecule has 3 heterocycles. The SMILES string of the molecule is CC(C)(O)[C@@H](CC(=O)Cc1cc2c(cn1)C(N1CCOC(C(F)(F)F)C1)=NC2)c1ccccc1. The Hall–Kier alpha value is -2.78. The molecular weight excluding hydrogens is 447 g/mol. The maximum atomic E-state index is 13.1. The van der Waals surface area contributed by atoms with E-state index in [1.165, 1.54) is 0 Å². The largest absolute Gasteiger partial charge is 0.416 e. The number of carbonyl (C=O) groups is 1. The molecule has 0 bridgehead atoms. The van der Waals surface area contributed by atoms with Gasteiger partial charge in [-0.3, -0.25) is 14.8 Å². The second-order valence-electron chi connectivity index (χ2n) is 9.36. The summed E-state index contributed by atoms with van der Waals surface area (Å²) >= 11 is 0. The van der Waals surface area contributed by atoms with E-state index in [0.717, 1.165) is 11.1 Å². The van der Waals surface area contributed by atoms with Gasteiger partial charge in [0.05, 0.1) is 25.3 Å². The minimum atomic E-state index is -4.43. The minimum absolute atomic E-state index is 0.0255. The summed E-state index contributed by atoms with van der Waals surface area (Å²) in [7, 11) is 0. The van der Waals surface area contributed by atoms with E-state index in [1.807, 2.05) is 30.3 Å². The average molecular weight is 476 g/mol. The lowest BCUT2D eigenvalue weighted by Gasteiger charge is -2.35. The number of rotatable bonds is 6. The molecule has 0 saturated carbocycles. The number of benzene rings is 1. The van der Waals surface area contributed by atoms with E-state index in [4.69, 9.17) is 4.74 Å². The maximum Gasteiger partial charge on any atom is 0.416 e. The molecule has 2 aliphatic rings. The molecule has 1 unspecified atom stereocenters. The van der Waals surface area contributed by atoms with Crippen molar-refractivity contribution in [3.8, 4) is 0 Å². The van der Waals surface area contributed by atoms with Gasteiger partial charge in [0, 0.05) is 42.8 Å². The molecule has 9 heteroatoms. The van der Waals surface area contributed by atoms with E-state index in [1.54, 1.807) is 31.0 Å². The molecule has 34 heavy (non-hydrogen) atoms. The third kappa shape index (κ3) is 5.47. The van der Waals surface area contributed by atoms with E-state index >= 15 is 0 Å². The van der Waals surface area contributed by atoms with Crippen LogP contribution in [0.1, 0.15) is 48.6 Å². The predicted molar refractivity (Wildman–Crippen MR) is 121 cm³/mol. The Morgan fingerprint density at radius 2 is 2.00 bits per heavy atom. The van der Waals surface area contributed by atoms with Crippen LogP contribution in [0.5, 0.6) is 0 Å². The average Bonchev–Trinajstić information content (AvgIpc) is 3.20. The molecule has 1 N–H and O–H groups in total. The van der Waals surface area contributed by atoms with E-state index in [2.05, 4.69) is 9.98 Å². The minimum Gasteiger partial charge on any atom is -0.390 e. The summed E-state index contributed by atoms with van der Waals surface area (Å²) < 4.78 is 44.2. The normalized spacial score (nSPS) is 19.5. The van der Waals surface area contributed by atoms with Crippen LogP contribution in [0.3, 0.4) is 0 Å². The number of pyridine rings is 1. The molecule has 6 nitrogen and oxygen atoms in total. The van der Waals surface area contributed by atoms with Gasteiger partial charge in [-0.05, 0) is 31.0 Å². The number of carbonyl (C=O) groups excluding carboxylic acids is 1. The Kier molecular flexibility index (Phi) is 6.78. The van der Waals surface area contributed by atoms with Gasteiger partial charge in [0.2, 0.25) is 0 Å². The van der Waals surface area contributed by atoms with Crippen molar-refractivity contribution < 1.29 is 27.8 Å². The number of nitrogens with zero attached hydrogens (tertiary/aromatic N) is 3. The number of hydrogen-bond donors (Lipinski definition) is 1. The summed E-state index contributed by atoms with van der Waals surface area (Å²) in [6.45, 7) is 3.71. The molecule has 2 aromatic rings. The zero-order valence-electron chi connectivity index (χ0n) is 19.2. The Morgan fingerprint density at radius 1 is 1.26 bits per heavy atom. The van der Waals surface area contributed by atoms with Gasteiger partial charge in [-0.15, -0.1) is 0 Å². The monoisotopic (exact) mass is 475 g/mol. The molecular formula is C25H28F3N3O3. The van der Waals surface area contributed by atoms with Crippen LogP contribution < -0.4 is 0 Å². The van der Waals surface area contributed by atoms with Crippen LogP contribution in [0.25, 0.3) is 0 Å². The van der Waals surface area contributed by atoms with Crippen molar-refractivity contribution >= 4 is 11.6 Å². The fourth-order valence-corrected chi connectivity index (χ4v) is 4.49. The Labute approximate surface area is 196 Å². The highest BCUT2D eigenvalue weighted by Crippen LogP contribution is 2.32. The van der Waals surface area contributed by atoms with Gasteiger partial charge >= 0.3 is 6.18 Å². The zero-order valence-corrected chi connectivity index (χ0v) is 19.2. The highest BCUT2D eigenvalue weighted by Gasteiger charge is 2.44. The summed E-state index contributed by atoms with van der Waals surface area (Å²) in [6, 6.07) is 11.2. The predicted octanol–water partition coefficient (Wildman–Crippen LogP) is 3.66. The highest BCUT2D eigenvalue weighted by atomic mass is 19.4. The number of alkyl halides is 3. The van der Waals surface area contributed by atoms with Gasteiger partial charge < -0.3 is 14.7 Å². The van der Waals surface area contributed by atoms with Crippen molar-refractivity contribution in [3.05, 3.63) is 65.0 Å². The first-order chi connectivity index (χ1) is 16.0. The maximum absolute atomic E-state index is 13.1. The van der Waals surface area contributed by atoms with Crippen molar-refractivity contribution in [2.24, 2.45) is 4.99 Å². The lowest BCUT2D eigenvalue weighted by molar-refractivity contribution is -0.232. The molecule has 2 aliphatic heterocycles. The number of ketones is 1. The van der Waals surface area contributed by atoms with Crippen LogP contribution in [0.2, 0.25) is 0 Å². The smallest absolute Gasteiger partial charge is 0.390 e. The van der Waals surface area contributed by atoms with Gasteiger partial charge in [0.25, 0.3) is 0 Å². The van der Waals surface area contributed by atoms with Crippen molar-refractivity contribution in [1.82, 2.24) is 9.88 Å². The third-order valence-electron chi connectivity index (χ3n) is 6.28. The van der Waals surface area contributed by atoms with Gasteiger partial charge in [0.1, 0.15) is 11.6 Å². The highest BCUT2D eigenvalue weighted by molar-refractivity contribution is 6.02. The third-order valence-corrected chi connectivity index (χ3v) is 6.28. The molecule has 1 aromatic heterocycles. The first-order valence-electron chi connectivity index (χ1n) is 11.3. The Bertz CT molecular complexity index is 1060. The number of aromatic nitrogens is 1. The number of halogens is 3. The van der Waals surface area contributed by atoms with Crippen molar-refractivity contribution in [3.63, 3.8) is 0 Å². The molecule has 1 aromatic carbocycles. The van der Waals surface area contributed by atoms with Gasteiger partial charge in [-0.25, -0.2) is 0 Å². The van der Waals surface area contributed by atoms with Crippen LogP contribution in [0, 0.1) is 0 Å². The summed E-state index contributed by atoms with van der Waals surface area (Å²) in [5, 5.41) is 10.6. The summed E-state index contributed by atoms with van der Waals surface area (Å²) in [4.78, 5) is 23.3. The van der Waals surface area contributed by atoms with E-state index in [0.29, 0.717) is 30.2 Å². The van der Waals surface area contributed by atoms with E-state index in [9.17, 15) is 23.1 Å². The number of morpholine rings is 1. The van der Waals surface area contributed by atoms with Crippen molar-refractivity contribution in [2.45, 2.75) is 57.0 Å². The topological polar surface area (TPSA) is 75.0 Å². The van der Waals surface area contributed by atoms with Crippen LogP contribution >= 0.6 is 0 Å². The number of amidine groups is 1. The summed E-state index contributed by atoms with van der Waals surface area (Å²) in [5.41, 5.74) is 1.93. The second kappa shape index (κ2) is 9.46. The van der Waals surface area contributed by atoms with Crippen molar-refractivity contribution in [1.29, 1.82) is 0 Å². The standard InChI is InChI=1S/C25H28F3N3O3/c1-24(2,33)21(16-6-4-3-5-7-16)12-19(32)11-18-10-17-13-30-23(20(17)14-29-18)31-8-9-34-22(15-31)25(26,27)28/h3-7,10,14,21-22,33H,8-9,11-13,15H2,1-2H3/t21-,22?/m0/s1. The van der Waals surface area contributed by atoms with Gasteiger partial charge in [0.15, 0.2) is 6.10 Å². The molecule has 1 saturated heterocycles. The molecule has 0 amide bonds. The van der Waals surface area contributed by atoms with E-state index < -0.39 is 17.9 Å². The van der Waals surface area contributed by atoms with Crippen LogP contribution in [0.4, 0.5) is 13.2 Å². The number of aliphatic hydroxyl groups is 1. The molecule has 2 atom stereocenters.